The molecule has 0 aliphatic rings. The van der Waals surface area contributed by atoms with Crippen LogP contribution in [0, 0.1) is 6.92 Å². The van der Waals surface area contributed by atoms with Gasteiger partial charge in [0.2, 0.25) is 0 Å². The molecular weight excluding hydrogens is 376 g/mol. The summed E-state index contributed by atoms with van der Waals surface area (Å²) < 4.78 is 3.27. The van der Waals surface area contributed by atoms with E-state index in [1.807, 2.05) is 55.5 Å². The summed E-state index contributed by atoms with van der Waals surface area (Å²) in [6.45, 7) is 2.52. The SMILES string of the molecule is Cc1ccc(-n2cc(C(=O)Nc3ccnn3Cc3ccc(Cl)cc3)nn2)cc1. The molecule has 0 spiro atoms. The van der Waals surface area contributed by atoms with Gasteiger partial charge in [-0.25, -0.2) is 9.36 Å². The van der Waals surface area contributed by atoms with Crippen LogP contribution in [0.5, 0.6) is 0 Å². The van der Waals surface area contributed by atoms with Gasteiger partial charge in [0.05, 0.1) is 24.6 Å². The van der Waals surface area contributed by atoms with Crippen LogP contribution in [0.25, 0.3) is 5.69 Å². The minimum atomic E-state index is -0.351. The molecule has 4 aromatic rings. The number of aryl methyl sites for hydroxylation is 1. The molecule has 1 N–H and O–H groups in total. The number of hydrogen-bond acceptors (Lipinski definition) is 4. The van der Waals surface area contributed by atoms with Crippen LogP contribution in [-0.2, 0) is 6.54 Å². The number of halogens is 1. The fourth-order valence-corrected chi connectivity index (χ4v) is 2.83. The number of benzene rings is 2. The van der Waals surface area contributed by atoms with Gasteiger partial charge in [0.25, 0.3) is 5.91 Å². The van der Waals surface area contributed by atoms with E-state index in [0.717, 1.165) is 16.8 Å². The largest absolute Gasteiger partial charge is 0.305 e. The van der Waals surface area contributed by atoms with Crippen molar-refractivity contribution in [2.24, 2.45) is 0 Å². The third-order valence-electron chi connectivity index (χ3n) is 4.23. The zero-order chi connectivity index (χ0) is 19.5. The number of aromatic nitrogens is 5. The van der Waals surface area contributed by atoms with Gasteiger partial charge >= 0.3 is 0 Å². The van der Waals surface area contributed by atoms with E-state index in [1.54, 1.807) is 27.8 Å². The molecule has 0 fully saturated rings. The highest BCUT2D eigenvalue weighted by Gasteiger charge is 2.14. The van der Waals surface area contributed by atoms with Crippen molar-refractivity contribution in [1.82, 2.24) is 24.8 Å². The summed E-state index contributed by atoms with van der Waals surface area (Å²) in [7, 11) is 0. The maximum Gasteiger partial charge on any atom is 0.279 e. The Kier molecular flexibility index (Phi) is 4.90. The lowest BCUT2D eigenvalue weighted by molar-refractivity contribution is 0.102. The molecule has 28 heavy (non-hydrogen) atoms. The second kappa shape index (κ2) is 7.66. The lowest BCUT2D eigenvalue weighted by atomic mass is 10.2. The zero-order valence-corrected chi connectivity index (χ0v) is 15.8. The Labute approximate surface area is 166 Å². The summed E-state index contributed by atoms with van der Waals surface area (Å²) in [4.78, 5) is 12.6. The van der Waals surface area contributed by atoms with Crippen molar-refractivity contribution in [2.75, 3.05) is 5.32 Å². The minimum Gasteiger partial charge on any atom is -0.305 e. The molecule has 2 aromatic carbocycles. The average molecular weight is 393 g/mol. The molecule has 140 valence electrons. The molecule has 0 atom stereocenters. The summed E-state index contributed by atoms with van der Waals surface area (Å²) in [5.74, 6) is 0.223. The van der Waals surface area contributed by atoms with Crippen LogP contribution in [0.4, 0.5) is 5.82 Å². The summed E-state index contributed by atoms with van der Waals surface area (Å²) >= 11 is 5.92. The first kappa shape index (κ1) is 17.9. The predicted molar refractivity (Wildman–Crippen MR) is 107 cm³/mol. The topological polar surface area (TPSA) is 77.6 Å². The van der Waals surface area contributed by atoms with Crippen LogP contribution in [-0.4, -0.2) is 30.7 Å². The van der Waals surface area contributed by atoms with E-state index in [0.29, 0.717) is 17.4 Å². The highest BCUT2D eigenvalue weighted by molar-refractivity contribution is 6.30. The second-order valence-electron chi connectivity index (χ2n) is 6.34. The number of amides is 1. The molecule has 2 aromatic heterocycles. The second-order valence-corrected chi connectivity index (χ2v) is 6.78. The lowest BCUT2D eigenvalue weighted by Gasteiger charge is -2.08. The lowest BCUT2D eigenvalue weighted by Crippen LogP contribution is -2.16. The van der Waals surface area contributed by atoms with E-state index in [9.17, 15) is 4.79 Å². The van der Waals surface area contributed by atoms with Gasteiger partial charge in [-0.1, -0.05) is 46.6 Å². The number of anilines is 1. The molecule has 4 rings (SSSR count). The van der Waals surface area contributed by atoms with Gasteiger partial charge in [-0.15, -0.1) is 5.10 Å². The molecule has 0 aliphatic heterocycles. The zero-order valence-electron chi connectivity index (χ0n) is 15.1. The van der Waals surface area contributed by atoms with Crippen molar-refractivity contribution in [1.29, 1.82) is 0 Å². The molecule has 8 heteroatoms. The number of nitrogens with zero attached hydrogens (tertiary/aromatic N) is 5. The fraction of sp³-hybridized carbons (Fsp3) is 0.100. The van der Waals surface area contributed by atoms with E-state index in [-0.39, 0.29) is 11.6 Å². The van der Waals surface area contributed by atoms with Gasteiger partial charge in [-0.3, -0.25) is 4.79 Å². The van der Waals surface area contributed by atoms with E-state index < -0.39 is 0 Å². The summed E-state index contributed by atoms with van der Waals surface area (Å²) in [5, 5.41) is 15.8. The van der Waals surface area contributed by atoms with Gasteiger partial charge in [-0.05, 0) is 36.8 Å². The van der Waals surface area contributed by atoms with Crippen molar-refractivity contribution < 1.29 is 4.79 Å². The Morgan fingerprint density at radius 3 is 2.57 bits per heavy atom. The molecule has 0 aliphatic carbocycles. The van der Waals surface area contributed by atoms with Crippen molar-refractivity contribution in [3.05, 3.63) is 88.8 Å². The van der Waals surface area contributed by atoms with Gasteiger partial charge in [-0.2, -0.15) is 5.10 Å². The van der Waals surface area contributed by atoms with E-state index in [4.69, 9.17) is 11.6 Å². The highest BCUT2D eigenvalue weighted by atomic mass is 35.5. The van der Waals surface area contributed by atoms with E-state index in [2.05, 4.69) is 20.7 Å². The normalized spacial score (nSPS) is 10.8. The monoisotopic (exact) mass is 392 g/mol. The smallest absolute Gasteiger partial charge is 0.279 e. The first-order valence-corrected chi connectivity index (χ1v) is 9.03. The Balaban J connectivity index is 1.48. The fourth-order valence-electron chi connectivity index (χ4n) is 2.70. The predicted octanol–water partition coefficient (Wildman–Crippen LogP) is 3.73. The van der Waals surface area contributed by atoms with Crippen molar-refractivity contribution in [3.63, 3.8) is 0 Å². The number of nitrogens with one attached hydrogen (secondary N) is 1. The molecule has 1 amide bonds. The minimum absolute atomic E-state index is 0.222. The van der Waals surface area contributed by atoms with Crippen LogP contribution in [0.3, 0.4) is 0 Å². The first-order chi connectivity index (χ1) is 13.6. The number of carbonyl (C=O) groups is 1. The standard InChI is InChI=1S/C20H17ClN6O/c1-14-2-8-17(9-3-14)26-13-18(24-25-26)20(28)23-19-10-11-22-27(19)12-15-4-6-16(21)7-5-15/h2-11,13H,12H2,1H3,(H,23,28). The van der Waals surface area contributed by atoms with Gasteiger partial charge in [0.15, 0.2) is 5.69 Å². The first-order valence-electron chi connectivity index (χ1n) is 8.65. The van der Waals surface area contributed by atoms with Crippen LogP contribution < -0.4 is 5.32 Å². The molecule has 0 bridgehead atoms. The number of carbonyl (C=O) groups excluding carboxylic acids is 1. The van der Waals surface area contributed by atoms with Crippen molar-refractivity contribution in [3.8, 4) is 5.69 Å². The van der Waals surface area contributed by atoms with Crippen LogP contribution in [0.2, 0.25) is 5.02 Å². The summed E-state index contributed by atoms with van der Waals surface area (Å²) in [6, 6.07) is 17.0. The quantitative estimate of drug-likeness (QED) is 0.561. The van der Waals surface area contributed by atoms with Gasteiger partial charge < -0.3 is 5.32 Å². The Morgan fingerprint density at radius 1 is 1.07 bits per heavy atom. The van der Waals surface area contributed by atoms with Crippen LogP contribution >= 0.6 is 11.6 Å². The maximum atomic E-state index is 12.6. The van der Waals surface area contributed by atoms with Crippen LogP contribution in [0.1, 0.15) is 21.6 Å². The molecule has 0 radical (unpaired) electrons. The summed E-state index contributed by atoms with van der Waals surface area (Å²) in [6.07, 6.45) is 3.23. The molecule has 0 saturated carbocycles. The molecule has 7 nitrogen and oxygen atoms in total. The van der Waals surface area contributed by atoms with Crippen molar-refractivity contribution >= 4 is 23.3 Å². The van der Waals surface area contributed by atoms with E-state index in [1.165, 1.54) is 0 Å². The van der Waals surface area contributed by atoms with Gasteiger partial charge in [0.1, 0.15) is 5.82 Å². The third-order valence-corrected chi connectivity index (χ3v) is 4.48. The van der Waals surface area contributed by atoms with E-state index >= 15 is 0 Å². The molecule has 2 heterocycles. The molecular formula is C20H17ClN6O. The Morgan fingerprint density at radius 2 is 1.82 bits per heavy atom. The third kappa shape index (κ3) is 3.94. The average Bonchev–Trinajstić information content (AvgIpc) is 3.34. The Hall–Kier alpha value is -3.45. The number of hydrogen-bond donors (Lipinski definition) is 1. The van der Waals surface area contributed by atoms with Crippen molar-refractivity contribution in [2.45, 2.75) is 13.5 Å². The molecule has 0 unspecified atom stereocenters. The maximum absolute atomic E-state index is 12.6. The Bertz CT molecular complexity index is 1100. The van der Waals surface area contributed by atoms with Gasteiger partial charge in [0, 0.05) is 11.1 Å². The number of rotatable bonds is 5. The summed E-state index contributed by atoms with van der Waals surface area (Å²) in [5.41, 5.74) is 3.23. The molecule has 0 saturated heterocycles. The highest BCUT2D eigenvalue weighted by Crippen LogP contribution is 2.15. The van der Waals surface area contributed by atoms with Crippen LogP contribution in [0.15, 0.2) is 67.0 Å².